The fourth-order valence-electron chi connectivity index (χ4n) is 5.93. The Bertz CT molecular complexity index is 780. The first kappa shape index (κ1) is 48.4. The van der Waals surface area contributed by atoms with Crippen molar-refractivity contribution in [2.24, 2.45) is 0 Å². The van der Waals surface area contributed by atoms with Crippen LogP contribution < -0.4 is 0 Å². The largest absolute Gasteiger partial charge is 0.508 e. The normalized spacial score (nSPS) is 13.3. The quantitative estimate of drug-likeness (QED) is 0.0392. The maximum atomic E-state index is 12.3. The van der Waals surface area contributed by atoms with Gasteiger partial charge in [-0.3, -0.25) is 0 Å². The van der Waals surface area contributed by atoms with Crippen LogP contribution in [0.1, 0.15) is 187 Å². The van der Waals surface area contributed by atoms with Gasteiger partial charge in [0.1, 0.15) is 6.10 Å². The summed E-state index contributed by atoms with van der Waals surface area (Å²) in [4.78, 5) is 14.4. The van der Waals surface area contributed by atoms with Crippen LogP contribution in [-0.4, -0.2) is 68.8 Å². The van der Waals surface area contributed by atoms with Crippen molar-refractivity contribution >= 4 is 6.16 Å². The Morgan fingerprint density at radius 1 is 0.600 bits per heavy atom. The molecule has 294 valence electrons. The summed E-state index contributed by atoms with van der Waals surface area (Å²) < 4.78 is 17.0. The zero-order valence-corrected chi connectivity index (χ0v) is 33.6. The molecule has 0 saturated heterocycles. The zero-order valence-electron chi connectivity index (χ0n) is 33.6. The van der Waals surface area contributed by atoms with Gasteiger partial charge in [0.05, 0.1) is 19.3 Å². The lowest BCUT2D eigenvalue weighted by molar-refractivity contribution is -0.0211. The number of hydrogen-bond donors (Lipinski definition) is 1. The number of allylic oxidation sites excluding steroid dienone is 5. The van der Waals surface area contributed by atoms with Crippen molar-refractivity contribution in [1.29, 1.82) is 0 Å². The molecule has 0 heterocycles. The topological polar surface area (TPSA) is 68.2 Å². The number of rotatable bonds is 38. The molecule has 0 amide bonds. The molecule has 0 bridgehead atoms. The predicted octanol–water partition coefficient (Wildman–Crippen LogP) is 12.7. The van der Waals surface area contributed by atoms with Crippen LogP contribution in [0.15, 0.2) is 36.5 Å². The first-order valence-corrected chi connectivity index (χ1v) is 21.2. The Hall–Kier alpha value is -1.63. The number of ether oxygens (including phenoxy) is 3. The summed E-state index contributed by atoms with van der Waals surface area (Å²) in [5.74, 6) is 0. The van der Waals surface area contributed by atoms with Gasteiger partial charge in [-0.15, -0.1) is 0 Å². The van der Waals surface area contributed by atoms with E-state index in [0.717, 1.165) is 70.8 Å². The number of aliphatic hydroxyl groups is 1. The van der Waals surface area contributed by atoms with Crippen molar-refractivity contribution < 1.29 is 24.1 Å². The van der Waals surface area contributed by atoms with Gasteiger partial charge in [-0.2, -0.15) is 0 Å². The van der Waals surface area contributed by atoms with E-state index in [2.05, 4.69) is 55.2 Å². The molecule has 0 fully saturated rings. The molecule has 1 unspecified atom stereocenters. The Labute approximate surface area is 310 Å². The highest BCUT2D eigenvalue weighted by molar-refractivity contribution is 5.60. The molecule has 0 aromatic carbocycles. The van der Waals surface area contributed by atoms with E-state index >= 15 is 0 Å². The molecule has 0 spiro atoms. The number of hydrogen-bond acceptors (Lipinski definition) is 6. The predicted molar refractivity (Wildman–Crippen MR) is 215 cm³/mol. The van der Waals surface area contributed by atoms with Crippen LogP contribution in [0, 0.1) is 0 Å². The van der Waals surface area contributed by atoms with Gasteiger partial charge in [-0.25, -0.2) is 4.79 Å². The lowest BCUT2D eigenvalue weighted by Gasteiger charge is -2.18. The Kier molecular flexibility index (Phi) is 38.8. The summed E-state index contributed by atoms with van der Waals surface area (Å²) in [6.45, 7) is 6.90. The molecule has 0 rings (SSSR count). The molecular formula is C44H83NO5. The van der Waals surface area contributed by atoms with E-state index in [1.165, 1.54) is 109 Å². The highest BCUT2D eigenvalue weighted by Gasteiger charge is 2.16. The van der Waals surface area contributed by atoms with Gasteiger partial charge in [0.15, 0.2) is 0 Å². The molecule has 0 aromatic rings. The summed E-state index contributed by atoms with van der Waals surface area (Å²) in [7, 11) is 4.03. The first-order chi connectivity index (χ1) is 24.5. The molecule has 0 radical (unpaired) electrons. The van der Waals surface area contributed by atoms with Gasteiger partial charge < -0.3 is 24.2 Å². The summed E-state index contributed by atoms with van der Waals surface area (Å²) in [6.07, 6.45) is 43.9. The molecule has 0 aliphatic rings. The van der Waals surface area contributed by atoms with Crippen LogP contribution in [-0.2, 0) is 14.2 Å². The highest BCUT2D eigenvalue weighted by atomic mass is 16.7. The summed E-state index contributed by atoms with van der Waals surface area (Å²) in [5, 5.41) is 10.1. The number of nitrogens with zero attached hydrogens (tertiary/aromatic N) is 1. The monoisotopic (exact) mass is 706 g/mol. The van der Waals surface area contributed by atoms with Crippen molar-refractivity contribution in [3.05, 3.63) is 36.5 Å². The molecule has 2 atom stereocenters. The number of unbranched alkanes of at least 4 members (excludes halogenated alkanes) is 18. The summed E-state index contributed by atoms with van der Waals surface area (Å²) in [5.41, 5.74) is 0. The zero-order chi connectivity index (χ0) is 36.6. The third-order valence-corrected chi connectivity index (χ3v) is 9.14. The molecule has 50 heavy (non-hydrogen) atoms. The van der Waals surface area contributed by atoms with Gasteiger partial charge in [-0.1, -0.05) is 140 Å². The van der Waals surface area contributed by atoms with Gasteiger partial charge in [0.2, 0.25) is 0 Å². The van der Waals surface area contributed by atoms with Crippen molar-refractivity contribution in [1.82, 2.24) is 4.90 Å². The van der Waals surface area contributed by atoms with Crippen LogP contribution >= 0.6 is 0 Å². The fourth-order valence-corrected chi connectivity index (χ4v) is 5.93. The Morgan fingerprint density at radius 2 is 1.12 bits per heavy atom. The van der Waals surface area contributed by atoms with Crippen LogP contribution in [0.4, 0.5) is 4.79 Å². The van der Waals surface area contributed by atoms with E-state index in [9.17, 15) is 9.90 Å². The van der Waals surface area contributed by atoms with E-state index in [1.54, 1.807) is 0 Å². The fraction of sp³-hybridized carbons (Fsp3) is 0.841. The van der Waals surface area contributed by atoms with Crippen molar-refractivity contribution in [3.63, 3.8) is 0 Å². The molecule has 1 N–H and O–H groups in total. The average molecular weight is 706 g/mol. The van der Waals surface area contributed by atoms with Crippen LogP contribution in [0.2, 0.25) is 0 Å². The van der Waals surface area contributed by atoms with Crippen LogP contribution in [0.5, 0.6) is 0 Å². The van der Waals surface area contributed by atoms with Crippen LogP contribution in [0.25, 0.3) is 0 Å². The smallest absolute Gasteiger partial charge is 0.434 e. The number of aliphatic hydroxyl groups excluding tert-OH is 1. The number of carbonyl (C=O) groups is 1. The van der Waals surface area contributed by atoms with Crippen molar-refractivity contribution in [2.75, 3.05) is 40.5 Å². The lowest BCUT2D eigenvalue weighted by atomic mass is 10.1. The second kappa shape index (κ2) is 40.1. The molecule has 0 aromatic heterocycles. The SMILES string of the molecule is CCCCC/C=C\C/C=C\CCCCCCCCC(COCCCCCCCC/C=C\C[C@H](O)CCCCCC)OC(=O)OCCCN(C)C. The maximum Gasteiger partial charge on any atom is 0.508 e. The Morgan fingerprint density at radius 3 is 1.76 bits per heavy atom. The molecule has 0 aliphatic carbocycles. The van der Waals surface area contributed by atoms with E-state index in [4.69, 9.17) is 14.2 Å². The standard InChI is InChI=1S/C44H83NO5/c1-5-7-9-11-12-13-14-15-16-17-18-19-22-25-28-32-37-43(50-44(47)49-40-34-38-45(3)4)41-48-39-33-29-26-23-20-21-24-27-31-36-42(46)35-30-10-8-6-2/h12-13,15-16,27,31,42-43,46H,5-11,14,17-26,28-30,32-41H2,1-4H3/b13-12-,16-15-,31-27-/t42-,43?/m1/s1. The minimum atomic E-state index is -0.564. The molecule has 6 heteroatoms. The van der Waals surface area contributed by atoms with Crippen molar-refractivity contribution in [2.45, 2.75) is 199 Å². The second-order valence-corrected chi connectivity index (χ2v) is 14.6. The molecular weight excluding hydrogens is 622 g/mol. The molecule has 6 nitrogen and oxygen atoms in total. The number of carbonyl (C=O) groups excluding carboxylic acids is 1. The third kappa shape index (κ3) is 39.2. The van der Waals surface area contributed by atoms with Gasteiger partial charge >= 0.3 is 6.16 Å². The highest BCUT2D eigenvalue weighted by Crippen LogP contribution is 2.14. The third-order valence-electron chi connectivity index (χ3n) is 9.14. The van der Waals surface area contributed by atoms with E-state index in [0.29, 0.717) is 19.8 Å². The minimum Gasteiger partial charge on any atom is -0.434 e. The van der Waals surface area contributed by atoms with E-state index in [1.807, 2.05) is 14.1 Å². The minimum absolute atomic E-state index is 0.172. The average Bonchev–Trinajstić information content (AvgIpc) is 3.10. The van der Waals surface area contributed by atoms with E-state index in [-0.39, 0.29) is 12.2 Å². The first-order valence-electron chi connectivity index (χ1n) is 21.2. The van der Waals surface area contributed by atoms with Gasteiger partial charge in [0, 0.05) is 13.2 Å². The summed E-state index contributed by atoms with van der Waals surface area (Å²) >= 11 is 0. The summed E-state index contributed by atoms with van der Waals surface area (Å²) in [6, 6.07) is 0. The Balaban J connectivity index is 4.03. The van der Waals surface area contributed by atoms with Gasteiger partial charge in [0.25, 0.3) is 0 Å². The maximum absolute atomic E-state index is 12.3. The molecule has 0 saturated carbocycles. The van der Waals surface area contributed by atoms with Crippen LogP contribution in [0.3, 0.4) is 0 Å². The lowest BCUT2D eigenvalue weighted by Crippen LogP contribution is -2.25. The van der Waals surface area contributed by atoms with Crippen molar-refractivity contribution in [3.8, 4) is 0 Å². The second-order valence-electron chi connectivity index (χ2n) is 14.6. The van der Waals surface area contributed by atoms with Gasteiger partial charge in [-0.05, 0) is 97.6 Å². The van der Waals surface area contributed by atoms with E-state index < -0.39 is 6.16 Å². The molecule has 0 aliphatic heterocycles.